The Morgan fingerprint density at radius 2 is 1.84 bits per heavy atom. The number of thiocarbonyl (C=S) groups is 1. The lowest BCUT2D eigenvalue weighted by atomic mass is 10.0. The summed E-state index contributed by atoms with van der Waals surface area (Å²) in [7, 11) is 0. The van der Waals surface area contributed by atoms with Gasteiger partial charge < -0.3 is 15.1 Å². The average Bonchev–Trinajstić information content (AvgIpc) is 3.11. The molecule has 0 saturated carbocycles. The maximum atomic E-state index is 6.36. The first-order chi connectivity index (χ1) is 12.0. The largest absolute Gasteiger partial charge is 0.467 e. The first-order valence-corrected chi connectivity index (χ1v) is 8.76. The molecular weight excluding hydrogens is 352 g/mol. The minimum atomic E-state index is -0.180. The van der Waals surface area contributed by atoms with E-state index in [4.69, 9.17) is 28.2 Å². The molecule has 0 amide bonds. The number of furan rings is 1. The van der Waals surface area contributed by atoms with Gasteiger partial charge in [-0.25, -0.2) is 0 Å². The summed E-state index contributed by atoms with van der Waals surface area (Å²) in [5.74, 6) is 0.794. The van der Waals surface area contributed by atoms with Crippen LogP contribution in [0.5, 0.6) is 0 Å². The molecule has 0 radical (unpaired) electrons. The van der Waals surface area contributed by atoms with E-state index in [9.17, 15) is 0 Å². The van der Waals surface area contributed by atoms with Crippen LogP contribution >= 0.6 is 23.8 Å². The Bertz CT molecular complexity index is 840. The highest BCUT2D eigenvalue weighted by Crippen LogP contribution is 2.28. The molecule has 0 aliphatic heterocycles. The third kappa shape index (κ3) is 4.21. The van der Waals surface area contributed by atoms with Crippen LogP contribution in [0.15, 0.2) is 65.3 Å². The molecule has 128 valence electrons. The second kappa shape index (κ2) is 7.72. The van der Waals surface area contributed by atoms with Gasteiger partial charge in [-0.2, -0.15) is 0 Å². The number of hydrogen-bond acceptors (Lipinski definition) is 2. The van der Waals surface area contributed by atoms with Crippen molar-refractivity contribution in [2.24, 2.45) is 0 Å². The van der Waals surface area contributed by atoms with Crippen molar-refractivity contribution in [3.8, 4) is 0 Å². The van der Waals surface area contributed by atoms with E-state index in [0.717, 1.165) is 28.1 Å². The Morgan fingerprint density at radius 1 is 1.08 bits per heavy atom. The Hall–Kier alpha value is -2.30. The average molecular weight is 371 g/mol. The van der Waals surface area contributed by atoms with Crippen molar-refractivity contribution >= 4 is 34.6 Å². The minimum absolute atomic E-state index is 0.180. The van der Waals surface area contributed by atoms with E-state index >= 15 is 0 Å². The van der Waals surface area contributed by atoms with Crippen LogP contribution in [0.1, 0.15) is 28.5 Å². The van der Waals surface area contributed by atoms with Crippen molar-refractivity contribution in [3.05, 3.63) is 88.3 Å². The highest BCUT2D eigenvalue weighted by molar-refractivity contribution is 7.80. The third-order valence-corrected chi connectivity index (χ3v) is 4.42. The number of benzene rings is 2. The SMILES string of the molecule is Cc1cc(C)c(NC(=S)N[C@H](c2ccccc2)c2ccco2)c(Cl)c1. The van der Waals surface area contributed by atoms with Gasteiger partial charge in [0, 0.05) is 0 Å². The Morgan fingerprint density at radius 3 is 2.48 bits per heavy atom. The van der Waals surface area contributed by atoms with Gasteiger partial charge in [0.1, 0.15) is 11.8 Å². The Kier molecular flexibility index (Phi) is 5.41. The highest BCUT2D eigenvalue weighted by atomic mass is 35.5. The topological polar surface area (TPSA) is 37.2 Å². The minimum Gasteiger partial charge on any atom is -0.467 e. The molecule has 2 aromatic carbocycles. The van der Waals surface area contributed by atoms with Crippen molar-refractivity contribution < 1.29 is 4.42 Å². The van der Waals surface area contributed by atoms with E-state index in [1.807, 2.05) is 62.4 Å². The highest BCUT2D eigenvalue weighted by Gasteiger charge is 2.18. The van der Waals surface area contributed by atoms with Gasteiger partial charge in [-0.1, -0.05) is 48.0 Å². The summed E-state index contributed by atoms with van der Waals surface area (Å²) in [6, 6.07) is 17.6. The van der Waals surface area contributed by atoms with E-state index in [1.54, 1.807) is 6.26 Å². The first kappa shape index (κ1) is 17.5. The van der Waals surface area contributed by atoms with E-state index in [2.05, 4.69) is 16.7 Å². The molecule has 0 aliphatic rings. The zero-order valence-corrected chi connectivity index (χ0v) is 15.6. The Balaban J connectivity index is 1.82. The first-order valence-electron chi connectivity index (χ1n) is 7.97. The standard InChI is InChI=1S/C20H19ClN2OS/c1-13-11-14(2)18(16(21)12-13)22-20(25)23-19(17-9-6-10-24-17)15-7-4-3-5-8-15/h3-12,19H,1-2H3,(H2,22,23,25)/t19-/m1/s1. The molecule has 1 heterocycles. The van der Waals surface area contributed by atoms with Crippen LogP contribution in [0.2, 0.25) is 5.02 Å². The lowest BCUT2D eigenvalue weighted by molar-refractivity contribution is 0.476. The van der Waals surface area contributed by atoms with Crippen LogP contribution in [-0.2, 0) is 0 Å². The van der Waals surface area contributed by atoms with Crippen LogP contribution in [0.4, 0.5) is 5.69 Å². The smallest absolute Gasteiger partial charge is 0.171 e. The maximum Gasteiger partial charge on any atom is 0.171 e. The molecule has 0 aliphatic carbocycles. The van der Waals surface area contributed by atoms with Gasteiger partial charge >= 0.3 is 0 Å². The molecule has 0 saturated heterocycles. The van der Waals surface area contributed by atoms with Gasteiger partial charge in [-0.3, -0.25) is 0 Å². The summed E-state index contributed by atoms with van der Waals surface area (Å²) in [6.45, 7) is 4.02. The van der Waals surface area contributed by atoms with Gasteiger partial charge in [0.2, 0.25) is 0 Å². The summed E-state index contributed by atoms with van der Waals surface area (Å²) >= 11 is 11.9. The molecule has 1 atom stereocenters. The van der Waals surface area contributed by atoms with Crippen molar-refractivity contribution in [1.82, 2.24) is 5.32 Å². The summed E-state index contributed by atoms with van der Waals surface area (Å²) in [5.41, 5.74) is 4.04. The van der Waals surface area contributed by atoms with Gasteiger partial charge in [0.15, 0.2) is 5.11 Å². The number of nitrogens with one attached hydrogen (secondary N) is 2. The molecule has 3 aromatic rings. The van der Waals surface area contributed by atoms with E-state index in [1.165, 1.54) is 0 Å². The molecular formula is C20H19ClN2OS. The number of aryl methyl sites for hydroxylation is 2. The van der Waals surface area contributed by atoms with Crippen LogP contribution in [0.3, 0.4) is 0 Å². The zero-order chi connectivity index (χ0) is 17.8. The van der Waals surface area contributed by atoms with Crippen molar-refractivity contribution in [1.29, 1.82) is 0 Å². The lowest BCUT2D eigenvalue weighted by Crippen LogP contribution is -2.33. The third-order valence-electron chi connectivity index (χ3n) is 3.91. The second-order valence-corrected chi connectivity index (χ2v) is 6.71. The van der Waals surface area contributed by atoms with Crippen molar-refractivity contribution in [2.45, 2.75) is 19.9 Å². The zero-order valence-electron chi connectivity index (χ0n) is 14.0. The second-order valence-electron chi connectivity index (χ2n) is 5.90. The molecule has 3 rings (SSSR count). The number of hydrogen-bond donors (Lipinski definition) is 2. The quantitative estimate of drug-likeness (QED) is 0.584. The molecule has 0 spiro atoms. The van der Waals surface area contributed by atoms with Crippen molar-refractivity contribution in [2.75, 3.05) is 5.32 Å². The van der Waals surface area contributed by atoms with Crippen LogP contribution in [0, 0.1) is 13.8 Å². The van der Waals surface area contributed by atoms with Crippen molar-refractivity contribution in [3.63, 3.8) is 0 Å². The summed E-state index contributed by atoms with van der Waals surface area (Å²) in [4.78, 5) is 0. The molecule has 5 heteroatoms. The van der Waals surface area contributed by atoms with Gasteiger partial charge in [0.05, 0.1) is 17.0 Å². The van der Waals surface area contributed by atoms with E-state index < -0.39 is 0 Å². The van der Waals surface area contributed by atoms with E-state index in [-0.39, 0.29) is 6.04 Å². The summed E-state index contributed by atoms with van der Waals surface area (Å²) in [5, 5.41) is 7.67. The maximum absolute atomic E-state index is 6.36. The molecule has 0 unspecified atom stereocenters. The molecule has 25 heavy (non-hydrogen) atoms. The monoisotopic (exact) mass is 370 g/mol. The van der Waals surface area contributed by atoms with Crippen LogP contribution in [0.25, 0.3) is 0 Å². The lowest BCUT2D eigenvalue weighted by Gasteiger charge is -2.21. The normalized spacial score (nSPS) is 11.8. The Labute approximate surface area is 158 Å². The fourth-order valence-corrected chi connectivity index (χ4v) is 3.36. The number of anilines is 1. The fraction of sp³-hybridized carbons (Fsp3) is 0.150. The fourth-order valence-electron chi connectivity index (χ4n) is 2.77. The van der Waals surface area contributed by atoms with Gasteiger partial charge in [-0.05, 0) is 61.0 Å². The molecule has 1 aromatic heterocycles. The van der Waals surface area contributed by atoms with Gasteiger partial charge in [-0.15, -0.1) is 0 Å². The van der Waals surface area contributed by atoms with Crippen LogP contribution in [-0.4, -0.2) is 5.11 Å². The molecule has 2 N–H and O–H groups in total. The predicted octanol–water partition coefficient (Wildman–Crippen LogP) is 5.63. The molecule has 0 bridgehead atoms. The van der Waals surface area contributed by atoms with E-state index in [0.29, 0.717) is 10.1 Å². The summed E-state index contributed by atoms with van der Waals surface area (Å²) in [6.07, 6.45) is 1.66. The van der Waals surface area contributed by atoms with Crippen LogP contribution < -0.4 is 10.6 Å². The summed E-state index contributed by atoms with van der Waals surface area (Å²) < 4.78 is 5.59. The number of halogens is 1. The molecule has 3 nitrogen and oxygen atoms in total. The number of rotatable bonds is 4. The predicted molar refractivity (Wildman–Crippen MR) is 107 cm³/mol. The molecule has 0 fully saturated rings. The van der Waals surface area contributed by atoms with Gasteiger partial charge in [0.25, 0.3) is 0 Å².